The highest BCUT2D eigenvalue weighted by molar-refractivity contribution is 8.00. The number of hydrogen-bond donors (Lipinski definition) is 0. The van der Waals surface area contributed by atoms with E-state index in [-0.39, 0.29) is 10.8 Å². The fourth-order valence-electron chi connectivity index (χ4n) is 5.39. The van der Waals surface area contributed by atoms with Crippen LogP contribution in [0.3, 0.4) is 0 Å². The third-order valence-electron chi connectivity index (χ3n) is 7.73. The number of hydrogen-bond acceptors (Lipinski definition) is 4. The van der Waals surface area contributed by atoms with Crippen molar-refractivity contribution in [3.63, 3.8) is 0 Å². The Morgan fingerprint density at radius 3 is 1.78 bits per heavy atom. The molecule has 4 heteroatoms. The first kappa shape index (κ1) is 27.0. The Morgan fingerprint density at radius 1 is 0.722 bits per heavy atom. The highest BCUT2D eigenvalue weighted by Gasteiger charge is 2.50. The minimum atomic E-state index is 0.148. The van der Waals surface area contributed by atoms with E-state index in [0.29, 0.717) is 16.4 Å². The second kappa shape index (κ2) is 11.1. The van der Waals surface area contributed by atoms with Gasteiger partial charge in [0.15, 0.2) is 0 Å². The molecule has 192 valence electrons. The summed E-state index contributed by atoms with van der Waals surface area (Å²) in [6.45, 7) is 12.1. The fourth-order valence-corrected chi connectivity index (χ4v) is 8.52. The van der Waals surface area contributed by atoms with E-state index in [1.807, 2.05) is 23.5 Å². The second-order valence-corrected chi connectivity index (χ2v) is 13.9. The molecule has 3 aromatic rings. The number of methoxy groups -OCH3 is 2. The molecule has 0 aliphatic heterocycles. The molecule has 1 unspecified atom stereocenters. The van der Waals surface area contributed by atoms with Crippen molar-refractivity contribution >= 4 is 23.5 Å². The van der Waals surface area contributed by atoms with Crippen molar-refractivity contribution in [1.29, 1.82) is 0 Å². The van der Waals surface area contributed by atoms with Crippen LogP contribution in [-0.4, -0.2) is 19.5 Å². The van der Waals surface area contributed by atoms with E-state index in [9.17, 15) is 0 Å². The maximum Gasteiger partial charge on any atom is 0.118 e. The third-order valence-corrected chi connectivity index (χ3v) is 10.7. The normalized spacial score (nSPS) is 21.5. The van der Waals surface area contributed by atoms with Crippen LogP contribution in [0.4, 0.5) is 0 Å². The lowest BCUT2D eigenvalue weighted by atomic mass is 9.58. The van der Waals surface area contributed by atoms with Crippen LogP contribution >= 0.6 is 23.5 Å². The standard InChI is InChI=1S/C32H40O2S2/c1-22-8-10-23(11-9-22)30(36-27-18-14-25(34-7)15-19-27)28-20-31(2,3)21-29(32(28,4)5)35-26-16-12-24(33-6)13-17-26/h8-19,28-30H,20-21H2,1-7H3/t28-,29-,30?/m1/s1. The highest BCUT2D eigenvalue weighted by Crippen LogP contribution is 2.61. The summed E-state index contributed by atoms with van der Waals surface area (Å²) in [5.41, 5.74) is 3.15. The van der Waals surface area contributed by atoms with Crippen LogP contribution < -0.4 is 9.47 Å². The van der Waals surface area contributed by atoms with Crippen LogP contribution in [-0.2, 0) is 0 Å². The van der Waals surface area contributed by atoms with E-state index in [1.165, 1.54) is 33.8 Å². The van der Waals surface area contributed by atoms with Crippen molar-refractivity contribution in [2.75, 3.05) is 14.2 Å². The minimum Gasteiger partial charge on any atom is -0.497 e. The Hall–Kier alpha value is -2.04. The quantitative estimate of drug-likeness (QED) is 0.275. The topological polar surface area (TPSA) is 18.5 Å². The number of ether oxygens (including phenoxy) is 2. The van der Waals surface area contributed by atoms with Gasteiger partial charge in [-0.1, -0.05) is 57.5 Å². The Bertz CT molecular complexity index is 1120. The summed E-state index contributed by atoms with van der Waals surface area (Å²) < 4.78 is 10.8. The predicted octanol–water partition coefficient (Wildman–Crippen LogP) is 9.47. The molecule has 0 N–H and O–H groups in total. The molecule has 1 saturated carbocycles. The maximum absolute atomic E-state index is 5.41. The van der Waals surface area contributed by atoms with Gasteiger partial charge in [-0.3, -0.25) is 0 Å². The molecule has 0 radical (unpaired) electrons. The van der Waals surface area contributed by atoms with Crippen LogP contribution in [0, 0.1) is 23.7 Å². The van der Waals surface area contributed by atoms with Gasteiger partial charge in [-0.05, 0) is 90.6 Å². The summed E-state index contributed by atoms with van der Waals surface area (Å²) in [7, 11) is 3.45. The van der Waals surface area contributed by atoms with Crippen molar-refractivity contribution in [2.45, 2.75) is 67.8 Å². The van der Waals surface area contributed by atoms with Crippen molar-refractivity contribution in [2.24, 2.45) is 16.7 Å². The average Bonchev–Trinajstić information content (AvgIpc) is 2.86. The third kappa shape index (κ3) is 6.26. The summed E-state index contributed by atoms with van der Waals surface area (Å²) in [5.74, 6) is 2.34. The Morgan fingerprint density at radius 2 is 1.25 bits per heavy atom. The summed E-state index contributed by atoms with van der Waals surface area (Å²) >= 11 is 4.05. The SMILES string of the molecule is COc1ccc(SC(c2ccc(C)cc2)[C@H]2CC(C)(C)C[C@@H](Sc3ccc(OC)cc3)C2(C)C)cc1. The van der Waals surface area contributed by atoms with E-state index >= 15 is 0 Å². The van der Waals surface area contributed by atoms with Crippen molar-refractivity contribution in [3.8, 4) is 11.5 Å². The number of thioether (sulfide) groups is 2. The van der Waals surface area contributed by atoms with Crippen LogP contribution in [0.1, 0.15) is 56.9 Å². The van der Waals surface area contributed by atoms with Gasteiger partial charge in [0.2, 0.25) is 0 Å². The van der Waals surface area contributed by atoms with Gasteiger partial charge in [-0.15, -0.1) is 23.5 Å². The molecular weight excluding hydrogens is 480 g/mol. The molecular formula is C32H40O2S2. The second-order valence-electron chi connectivity index (χ2n) is 11.4. The summed E-state index contributed by atoms with van der Waals surface area (Å²) in [6, 6.07) is 26.4. The maximum atomic E-state index is 5.41. The van der Waals surface area contributed by atoms with Gasteiger partial charge in [0.1, 0.15) is 11.5 Å². The zero-order valence-electron chi connectivity index (χ0n) is 22.7. The molecule has 0 bridgehead atoms. The molecule has 3 aromatic carbocycles. The Kier molecular flexibility index (Phi) is 8.36. The lowest BCUT2D eigenvalue weighted by Gasteiger charge is -2.53. The molecule has 1 fully saturated rings. The monoisotopic (exact) mass is 520 g/mol. The van der Waals surface area contributed by atoms with Crippen LogP contribution in [0.2, 0.25) is 0 Å². The first-order valence-corrected chi connectivity index (χ1v) is 14.6. The molecule has 0 aromatic heterocycles. The Balaban J connectivity index is 1.69. The van der Waals surface area contributed by atoms with Gasteiger partial charge in [0.05, 0.1) is 14.2 Å². The van der Waals surface area contributed by atoms with Gasteiger partial charge < -0.3 is 9.47 Å². The molecule has 3 atom stereocenters. The molecule has 0 spiro atoms. The number of aryl methyl sites for hydroxylation is 1. The fraction of sp³-hybridized carbons (Fsp3) is 0.438. The molecule has 36 heavy (non-hydrogen) atoms. The molecule has 1 aliphatic carbocycles. The van der Waals surface area contributed by atoms with Crippen molar-refractivity contribution in [3.05, 3.63) is 83.9 Å². The minimum absolute atomic E-state index is 0.148. The molecule has 4 rings (SSSR count). The smallest absolute Gasteiger partial charge is 0.118 e. The van der Waals surface area contributed by atoms with Crippen LogP contribution in [0.25, 0.3) is 0 Å². The van der Waals surface area contributed by atoms with E-state index in [2.05, 4.69) is 107 Å². The van der Waals surface area contributed by atoms with Gasteiger partial charge in [-0.2, -0.15) is 0 Å². The molecule has 0 saturated heterocycles. The lowest BCUT2D eigenvalue weighted by molar-refractivity contribution is 0.0609. The molecule has 0 amide bonds. The van der Waals surface area contributed by atoms with Crippen molar-refractivity contribution in [1.82, 2.24) is 0 Å². The zero-order valence-corrected chi connectivity index (χ0v) is 24.3. The van der Waals surface area contributed by atoms with Crippen molar-refractivity contribution < 1.29 is 9.47 Å². The molecule has 0 heterocycles. The van der Waals surface area contributed by atoms with E-state index in [0.717, 1.165) is 11.5 Å². The van der Waals surface area contributed by atoms with Gasteiger partial charge in [0.25, 0.3) is 0 Å². The lowest BCUT2D eigenvalue weighted by Crippen LogP contribution is -2.46. The van der Waals surface area contributed by atoms with Gasteiger partial charge in [0, 0.05) is 20.3 Å². The molecule has 1 aliphatic rings. The zero-order chi connectivity index (χ0) is 25.9. The Labute approximate surface area is 226 Å². The summed E-state index contributed by atoms with van der Waals surface area (Å²) in [4.78, 5) is 2.61. The van der Waals surface area contributed by atoms with Gasteiger partial charge >= 0.3 is 0 Å². The summed E-state index contributed by atoms with van der Waals surface area (Å²) in [5, 5.41) is 0.886. The molecule has 2 nitrogen and oxygen atoms in total. The van der Waals surface area contributed by atoms with Gasteiger partial charge in [-0.25, -0.2) is 0 Å². The largest absolute Gasteiger partial charge is 0.497 e. The highest BCUT2D eigenvalue weighted by atomic mass is 32.2. The summed E-state index contributed by atoms with van der Waals surface area (Å²) in [6.07, 6.45) is 2.42. The first-order chi connectivity index (χ1) is 17.1. The average molecular weight is 521 g/mol. The van der Waals surface area contributed by atoms with E-state index in [1.54, 1.807) is 14.2 Å². The first-order valence-electron chi connectivity index (χ1n) is 12.8. The van der Waals surface area contributed by atoms with Crippen LogP contribution in [0.5, 0.6) is 11.5 Å². The number of rotatable bonds is 8. The predicted molar refractivity (Wildman–Crippen MR) is 156 cm³/mol. The van der Waals surface area contributed by atoms with Crippen LogP contribution in [0.15, 0.2) is 82.6 Å². The van der Waals surface area contributed by atoms with E-state index in [4.69, 9.17) is 9.47 Å². The van der Waals surface area contributed by atoms with E-state index < -0.39 is 0 Å². The number of benzene rings is 3.